The Balaban J connectivity index is 1.50. The number of amides is 2. The molecule has 0 saturated carbocycles. The summed E-state index contributed by atoms with van der Waals surface area (Å²) in [6.45, 7) is 0. The largest absolute Gasteiger partial charge is 0.421 e. The molecule has 3 aromatic rings. The van der Waals surface area contributed by atoms with Gasteiger partial charge < -0.3 is 10.1 Å². The van der Waals surface area contributed by atoms with E-state index in [1.807, 2.05) is 0 Å². The van der Waals surface area contributed by atoms with Crippen LogP contribution in [0.25, 0.3) is 0 Å². The predicted octanol–water partition coefficient (Wildman–Crippen LogP) is 6.96. The number of anilines is 2. The molecule has 3 aromatic carbocycles. The molecular formula is C23H11Cl5N2O4. The van der Waals surface area contributed by atoms with E-state index in [9.17, 15) is 14.4 Å². The van der Waals surface area contributed by atoms with Crippen molar-refractivity contribution in [3.63, 3.8) is 0 Å². The fourth-order valence-corrected chi connectivity index (χ4v) is 4.20. The van der Waals surface area contributed by atoms with Gasteiger partial charge in [0.05, 0.1) is 21.3 Å². The van der Waals surface area contributed by atoms with Crippen LogP contribution < -0.4 is 15.0 Å². The molecule has 1 N–H and O–H groups in total. The number of imide groups is 1. The molecule has 4 rings (SSSR count). The molecule has 0 atom stereocenters. The zero-order chi connectivity index (χ0) is 24.6. The number of rotatable bonds is 5. The second-order valence-corrected chi connectivity index (χ2v) is 8.96. The van der Waals surface area contributed by atoms with E-state index in [4.69, 9.17) is 62.7 Å². The molecule has 0 bridgehead atoms. The molecule has 0 aliphatic carbocycles. The number of benzene rings is 3. The van der Waals surface area contributed by atoms with Gasteiger partial charge in [0.25, 0.3) is 11.8 Å². The van der Waals surface area contributed by atoms with Gasteiger partial charge >= 0.3 is 5.97 Å². The number of nitrogens with one attached hydrogen (secondary N) is 1. The normalized spacial score (nSPS) is 13.5. The van der Waals surface area contributed by atoms with Crippen LogP contribution in [-0.4, -0.2) is 17.8 Å². The Bertz CT molecular complexity index is 1370. The van der Waals surface area contributed by atoms with Crippen molar-refractivity contribution < 1.29 is 19.1 Å². The van der Waals surface area contributed by atoms with Crippen LogP contribution in [0.5, 0.6) is 5.75 Å². The summed E-state index contributed by atoms with van der Waals surface area (Å²) in [6, 6.07) is 14.8. The Morgan fingerprint density at radius 2 is 1.38 bits per heavy atom. The summed E-state index contributed by atoms with van der Waals surface area (Å²) in [6.07, 6.45) is 0. The molecule has 2 amide bonds. The Hall–Kier alpha value is -2.74. The van der Waals surface area contributed by atoms with Gasteiger partial charge in [-0.3, -0.25) is 9.59 Å². The van der Waals surface area contributed by atoms with E-state index in [2.05, 4.69) is 5.32 Å². The van der Waals surface area contributed by atoms with Crippen LogP contribution in [-0.2, 0) is 9.59 Å². The Kier molecular flexibility index (Phi) is 7.07. The first-order valence-corrected chi connectivity index (χ1v) is 11.3. The smallest absolute Gasteiger partial charge is 0.343 e. The van der Waals surface area contributed by atoms with E-state index in [1.165, 1.54) is 54.6 Å². The summed E-state index contributed by atoms with van der Waals surface area (Å²) >= 11 is 30.0. The summed E-state index contributed by atoms with van der Waals surface area (Å²) in [4.78, 5) is 38.8. The molecule has 1 aliphatic heterocycles. The predicted molar refractivity (Wildman–Crippen MR) is 133 cm³/mol. The van der Waals surface area contributed by atoms with Gasteiger partial charge in [0, 0.05) is 15.7 Å². The fraction of sp³-hybridized carbons (Fsp3) is 0. The zero-order valence-corrected chi connectivity index (χ0v) is 20.5. The van der Waals surface area contributed by atoms with Crippen molar-refractivity contribution in [2.75, 3.05) is 10.2 Å². The monoisotopic (exact) mass is 554 g/mol. The van der Waals surface area contributed by atoms with E-state index in [-0.39, 0.29) is 37.8 Å². The first kappa shape index (κ1) is 24.4. The highest BCUT2D eigenvalue weighted by Crippen LogP contribution is 2.35. The van der Waals surface area contributed by atoms with Crippen molar-refractivity contribution in [1.82, 2.24) is 0 Å². The Morgan fingerprint density at radius 3 is 2.00 bits per heavy atom. The van der Waals surface area contributed by atoms with Gasteiger partial charge in [-0.25, -0.2) is 9.69 Å². The molecule has 0 radical (unpaired) electrons. The molecule has 172 valence electrons. The number of carbonyl (C=O) groups excluding carboxylic acids is 3. The maximum atomic E-state index is 12.9. The topological polar surface area (TPSA) is 75.7 Å². The average Bonchev–Trinajstić information content (AvgIpc) is 2.99. The molecule has 0 fully saturated rings. The lowest BCUT2D eigenvalue weighted by Gasteiger charge is -2.16. The molecular weight excluding hydrogens is 546 g/mol. The third-order valence-electron chi connectivity index (χ3n) is 4.66. The number of hydrogen-bond acceptors (Lipinski definition) is 5. The van der Waals surface area contributed by atoms with Crippen LogP contribution in [0.4, 0.5) is 11.4 Å². The second kappa shape index (κ2) is 9.86. The third kappa shape index (κ3) is 4.87. The van der Waals surface area contributed by atoms with E-state index in [0.29, 0.717) is 15.7 Å². The summed E-state index contributed by atoms with van der Waals surface area (Å²) in [7, 11) is 0. The molecule has 0 unspecified atom stereocenters. The van der Waals surface area contributed by atoms with Crippen molar-refractivity contribution in [3.05, 3.63) is 97.0 Å². The summed E-state index contributed by atoms with van der Waals surface area (Å²) < 4.78 is 5.28. The number of hydrogen-bond donors (Lipinski definition) is 1. The summed E-state index contributed by atoms with van der Waals surface area (Å²) in [5, 5.41) is 3.56. The minimum absolute atomic E-state index is 0.114. The van der Waals surface area contributed by atoms with Crippen LogP contribution in [0.2, 0.25) is 20.1 Å². The molecule has 1 aliphatic rings. The highest BCUT2D eigenvalue weighted by molar-refractivity contribution is 6.54. The van der Waals surface area contributed by atoms with E-state index in [1.54, 1.807) is 6.07 Å². The minimum Gasteiger partial charge on any atom is -0.421 e. The number of esters is 1. The summed E-state index contributed by atoms with van der Waals surface area (Å²) in [5.74, 6) is -1.92. The lowest BCUT2D eigenvalue weighted by Crippen LogP contribution is -2.32. The van der Waals surface area contributed by atoms with Crippen LogP contribution in [0.15, 0.2) is 71.4 Å². The standard InChI is InChI=1S/C23H11Cl5N2O4/c24-12-3-7-17(15(26)9-12)30-21(31)19(28)20(22(30)32)29-14-5-1-11(2-6-14)23(33)34-18-8-4-13(25)10-16(18)27/h1-10,29H. The number of carbonyl (C=O) groups is 3. The zero-order valence-electron chi connectivity index (χ0n) is 16.7. The van der Waals surface area contributed by atoms with Crippen molar-refractivity contribution in [2.45, 2.75) is 0 Å². The van der Waals surface area contributed by atoms with E-state index < -0.39 is 17.8 Å². The first-order valence-electron chi connectivity index (χ1n) is 9.43. The average molecular weight is 557 g/mol. The van der Waals surface area contributed by atoms with Gasteiger partial charge in [0.15, 0.2) is 0 Å². The highest BCUT2D eigenvalue weighted by atomic mass is 35.5. The quantitative estimate of drug-likeness (QED) is 0.209. The maximum absolute atomic E-state index is 12.9. The molecule has 0 saturated heterocycles. The molecule has 34 heavy (non-hydrogen) atoms. The molecule has 0 aromatic heterocycles. The van der Waals surface area contributed by atoms with Crippen molar-refractivity contribution >= 4 is 87.2 Å². The molecule has 0 spiro atoms. The van der Waals surface area contributed by atoms with Crippen molar-refractivity contribution in [3.8, 4) is 5.75 Å². The minimum atomic E-state index is -0.738. The van der Waals surface area contributed by atoms with Crippen LogP contribution in [0.1, 0.15) is 10.4 Å². The van der Waals surface area contributed by atoms with E-state index >= 15 is 0 Å². The number of ether oxygens (including phenoxy) is 1. The van der Waals surface area contributed by atoms with Gasteiger partial charge in [0.2, 0.25) is 0 Å². The first-order chi connectivity index (χ1) is 16.2. The SMILES string of the molecule is O=C(Oc1ccc(Cl)cc1Cl)c1ccc(NC2=C(Cl)C(=O)N(c3ccc(Cl)cc3Cl)C2=O)cc1. The van der Waals surface area contributed by atoms with Gasteiger partial charge in [-0.2, -0.15) is 0 Å². The van der Waals surface area contributed by atoms with Crippen LogP contribution in [0, 0.1) is 0 Å². The molecule has 11 heteroatoms. The third-order valence-corrected chi connectivity index (χ3v) is 6.08. The Labute approximate surface area is 218 Å². The van der Waals surface area contributed by atoms with Gasteiger partial charge in [-0.15, -0.1) is 0 Å². The highest BCUT2D eigenvalue weighted by Gasteiger charge is 2.39. The van der Waals surface area contributed by atoms with Crippen molar-refractivity contribution in [1.29, 1.82) is 0 Å². The lowest BCUT2D eigenvalue weighted by molar-refractivity contribution is -0.120. The van der Waals surface area contributed by atoms with Gasteiger partial charge in [0.1, 0.15) is 16.5 Å². The maximum Gasteiger partial charge on any atom is 0.343 e. The molecule has 6 nitrogen and oxygen atoms in total. The second-order valence-electron chi connectivity index (χ2n) is 6.90. The van der Waals surface area contributed by atoms with E-state index in [0.717, 1.165) is 4.90 Å². The summed E-state index contributed by atoms with van der Waals surface area (Å²) in [5.41, 5.74) is 0.635. The fourth-order valence-electron chi connectivity index (χ4n) is 3.04. The Morgan fingerprint density at radius 1 is 0.765 bits per heavy atom. The van der Waals surface area contributed by atoms with Gasteiger partial charge in [-0.05, 0) is 60.7 Å². The van der Waals surface area contributed by atoms with Crippen LogP contribution >= 0.6 is 58.0 Å². The van der Waals surface area contributed by atoms with Crippen LogP contribution in [0.3, 0.4) is 0 Å². The van der Waals surface area contributed by atoms with Crippen molar-refractivity contribution in [2.24, 2.45) is 0 Å². The lowest BCUT2D eigenvalue weighted by atomic mass is 10.2. The number of halogens is 5. The van der Waals surface area contributed by atoms with Gasteiger partial charge in [-0.1, -0.05) is 58.0 Å². The molecule has 1 heterocycles. The number of nitrogens with zero attached hydrogens (tertiary/aromatic N) is 1.